The first-order valence-corrected chi connectivity index (χ1v) is 8.57. The molecule has 1 aromatic heterocycles. The van der Waals surface area contributed by atoms with E-state index in [0.717, 1.165) is 37.9 Å². The molecule has 1 N–H and O–H groups in total. The lowest BCUT2D eigenvalue weighted by atomic mass is 9.75. The number of aromatic nitrogens is 1. The molecule has 1 saturated heterocycles. The Kier molecular flexibility index (Phi) is 5.26. The van der Waals surface area contributed by atoms with Crippen molar-refractivity contribution in [1.29, 1.82) is 0 Å². The normalized spacial score (nSPS) is 21.5. The van der Waals surface area contributed by atoms with Gasteiger partial charge >= 0.3 is 5.97 Å². The van der Waals surface area contributed by atoms with Gasteiger partial charge in [-0.05, 0) is 49.4 Å². The van der Waals surface area contributed by atoms with Gasteiger partial charge in [-0.1, -0.05) is 36.4 Å². The average molecular weight is 324 g/mol. The Balaban J connectivity index is 1.68. The molecule has 0 saturated carbocycles. The van der Waals surface area contributed by atoms with Crippen LogP contribution >= 0.6 is 0 Å². The number of hydrogen-bond acceptors (Lipinski definition) is 3. The van der Waals surface area contributed by atoms with Crippen LogP contribution in [0.15, 0.2) is 54.9 Å². The summed E-state index contributed by atoms with van der Waals surface area (Å²) in [5, 5.41) is 9.91. The molecule has 0 aliphatic carbocycles. The van der Waals surface area contributed by atoms with E-state index >= 15 is 0 Å². The van der Waals surface area contributed by atoms with Crippen molar-refractivity contribution >= 4 is 5.97 Å². The molecular formula is C20H24N2O2. The van der Waals surface area contributed by atoms with Gasteiger partial charge in [0.15, 0.2) is 0 Å². The minimum Gasteiger partial charge on any atom is -0.481 e. The predicted molar refractivity (Wildman–Crippen MR) is 93.6 cm³/mol. The van der Waals surface area contributed by atoms with Crippen LogP contribution in [0.2, 0.25) is 0 Å². The number of piperidine rings is 1. The Labute approximate surface area is 143 Å². The number of likely N-dealkylation sites (tertiary alicyclic amines) is 1. The molecule has 1 aliphatic rings. The molecule has 4 heteroatoms. The second-order valence-corrected chi connectivity index (χ2v) is 6.75. The summed E-state index contributed by atoms with van der Waals surface area (Å²) in [5.41, 5.74) is 1.71. The lowest BCUT2D eigenvalue weighted by Gasteiger charge is -2.40. The Morgan fingerprint density at radius 2 is 1.96 bits per heavy atom. The van der Waals surface area contributed by atoms with E-state index in [1.165, 1.54) is 5.56 Å². The van der Waals surface area contributed by atoms with Gasteiger partial charge in [0, 0.05) is 25.5 Å². The van der Waals surface area contributed by atoms with E-state index in [9.17, 15) is 9.90 Å². The second-order valence-electron chi connectivity index (χ2n) is 6.75. The van der Waals surface area contributed by atoms with Crippen molar-refractivity contribution in [3.63, 3.8) is 0 Å². The van der Waals surface area contributed by atoms with Crippen LogP contribution in [0, 0.1) is 5.41 Å². The quantitative estimate of drug-likeness (QED) is 0.885. The smallest absolute Gasteiger partial charge is 0.310 e. The number of carboxylic acids is 1. The lowest BCUT2D eigenvalue weighted by Crippen LogP contribution is -2.47. The van der Waals surface area contributed by atoms with Crippen molar-refractivity contribution < 1.29 is 9.90 Å². The molecule has 0 amide bonds. The fourth-order valence-corrected chi connectivity index (χ4v) is 3.63. The summed E-state index contributed by atoms with van der Waals surface area (Å²) < 4.78 is 0. The van der Waals surface area contributed by atoms with Crippen LogP contribution in [0.3, 0.4) is 0 Å². The van der Waals surface area contributed by atoms with Crippen LogP contribution < -0.4 is 0 Å². The Morgan fingerprint density at radius 3 is 2.67 bits per heavy atom. The standard InChI is InChI=1S/C20H24N2O2/c23-19(24)20(11-9-17-6-2-1-3-7-17)10-5-13-22(16-20)15-18-8-4-12-21-14-18/h1-4,6-8,12,14H,5,9-11,13,15-16H2,(H,23,24)/t20-/m0/s1. The van der Waals surface area contributed by atoms with Gasteiger partial charge in [0.25, 0.3) is 0 Å². The molecule has 0 bridgehead atoms. The number of carbonyl (C=O) groups is 1. The first-order valence-electron chi connectivity index (χ1n) is 8.57. The summed E-state index contributed by atoms with van der Waals surface area (Å²) in [4.78, 5) is 18.5. The lowest BCUT2D eigenvalue weighted by molar-refractivity contribution is -0.153. The third-order valence-corrected chi connectivity index (χ3v) is 4.97. The third kappa shape index (κ3) is 4.01. The molecule has 1 fully saturated rings. The van der Waals surface area contributed by atoms with Crippen molar-refractivity contribution in [3.05, 3.63) is 66.0 Å². The zero-order valence-corrected chi connectivity index (χ0v) is 13.9. The van der Waals surface area contributed by atoms with Gasteiger partial charge in [-0.25, -0.2) is 0 Å². The summed E-state index contributed by atoms with van der Waals surface area (Å²) in [6, 6.07) is 14.1. The monoisotopic (exact) mass is 324 g/mol. The SMILES string of the molecule is O=C(O)[C@]1(CCc2ccccc2)CCCN(Cc2cccnc2)C1. The minimum absolute atomic E-state index is 0.615. The Morgan fingerprint density at radius 1 is 1.17 bits per heavy atom. The van der Waals surface area contributed by atoms with E-state index in [1.807, 2.05) is 36.5 Å². The van der Waals surface area contributed by atoms with E-state index in [-0.39, 0.29) is 0 Å². The molecule has 2 heterocycles. The highest BCUT2D eigenvalue weighted by atomic mass is 16.4. The molecule has 24 heavy (non-hydrogen) atoms. The maximum atomic E-state index is 12.1. The summed E-state index contributed by atoms with van der Waals surface area (Å²) in [5.74, 6) is -0.658. The van der Waals surface area contributed by atoms with Gasteiger partial charge in [-0.15, -0.1) is 0 Å². The van der Waals surface area contributed by atoms with Gasteiger partial charge in [0.2, 0.25) is 0 Å². The highest BCUT2D eigenvalue weighted by molar-refractivity contribution is 5.75. The minimum atomic E-state index is -0.658. The van der Waals surface area contributed by atoms with Crippen LogP contribution in [-0.4, -0.2) is 34.0 Å². The molecule has 1 aliphatic heterocycles. The summed E-state index contributed by atoms with van der Waals surface area (Å²) in [7, 11) is 0. The van der Waals surface area contributed by atoms with Gasteiger partial charge in [-0.2, -0.15) is 0 Å². The van der Waals surface area contributed by atoms with Crippen molar-refractivity contribution in [2.24, 2.45) is 5.41 Å². The van der Waals surface area contributed by atoms with Crippen LogP contribution in [0.25, 0.3) is 0 Å². The van der Waals surface area contributed by atoms with Gasteiger partial charge < -0.3 is 5.11 Å². The molecule has 2 aromatic rings. The molecule has 1 aromatic carbocycles. The van der Waals surface area contributed by atoms with Crippen LogP contribution in [-0.2, 0) is 17.8 Å². The molecule has 0 spiro atoms. The van der Waals surface area contributed by atoms with E-state index in [2.05, 4.69) is 22.0 Å². The van der Waals surface area contributed by atoms with Crippen molar-refractivity contribution in [1.82, 2.24) is 9.88 Å². The average Bonchev–Trinajstić information content (AvgIpc) is 2.62. The van der Waals surface area contributed by atoms with Crippen LogP contribution in [0.5, 0.6) is 0 Å². The molecule has 0 radical (unpaired) electrons. The Bertz CT molecular complexity index is 660. The highest BCUT2D eigenvalue weighted by Crippen LogP contribution is 2.35. The van der Waals surface area contributed by atoms with E-state index in [0.29, 0.717) is 13.0 Å². The van der Waals surface area contributed by atoms with Gasteiger partial charge in [0.1, 0.15) is 0 Å². The van der Waals surface area contributed by atoms with Gasteiger partial charge in [-0.3, -0.25) is 14.7 Å². The highest BCUT2D eigenvalue weighted by Gasteiger charge is 2.41. The second kappa shape index (κ2) is 7.58. The maximum absolute atomic E-state index is 12.1. The molecule has 4 nitrogen and oxygen atoms in total. The fraction of sp³-hybridized carbons (Fsp3) is 0.400. The number of carboxylic acid groups (broad SMARTS) is 1. The number of rotatable bonds is 6. The van der Waals surface area contributed by atoms with Crippen LogP contribution in [0.4, 0.5) is 0 Å². The Hall–Kier alpha value is -2.20. The van der Waals surface area contributed by atoms with Crippen molar-refractivity contribution in [2.75, 3.05) is 13.1 Å². The molecule has 126 valence electrons. The number of benzene rings is 1. The molecule has 0 unspecified atom stereocenters. The first-order chi connectivity index (χ1) is 11.7. The maximum Gasteiger partial charge on any atom is 0.310 e. The van der Waals surface area contributed by atoms with Crippen molar-refractivity contribution in [2.45, 2.75) is 32.2 Å². The largest absolute Gasteiger partial charge is 0.481 e. The molecule has 1 atom stereocenters. The van der Waals surface area contributed by atoms with Gasteiger partial charge in [0.05, 0.1) is 5.41 Å². The van der Waals surface area contributed by atoms with E-state index in [1.54, 1.807) is 6.20 Å². The summed E-state index contributed by atoms with van der Waals surface area (Å²) in [6.45, 7) is 2.34. The molecule has 3 rings (SSSR count). The van der Waals surface area contributed by atoms with E-state index in [4.69, 9.17) is 0 Å². The summed E-state index contributed by atoms with van der Waals surface area (Å²) in [6.07, 6.45) is 6.83. The topological polar surface area (TPSA) is 53.4 Å². The van der Waals surface area contributed by atoms with Crippen LogP contribution in [0.1, 0.15) is 30.4 Å². The number of aryl methyl sites for hydroxylation is 1. The fourth-order valence-electron chi connectivity index (χ4n) is 3.63. The zero-order chi connectivity index (χ0) is 16.8. The predicted octanol–water partition coefficient (Wildman–Crippen LogP) is 3.38. The van der Waals surface area contributed by atoms with E-state index < -0.39 is 11.4 Å². The summed E-state index contributed by atoms with van der Waals surface area (Å²) >= 11 is 0. The number of hydrogen-bond donors (Lipinski definition) is 1. The first kappa shape index (κ1) is 16.7. The third-order valence-electron chi connectivity index (χ3n) is 4.97. The zero-order valence-electron chi connectivity index (χ0n) is 13.9. The van der Waals surface area contributed by atoms with Crippen molar-refractivity contribution in [3.8, 4) is 0 Å². The number of nitrogens with zero attached hydrogens (tertiary/aromatic N) is 2. The number of pyridine rings is 1. The molecular weight excluding hydrogens is 300 g/mol. The number of aliphatic carboxylic acids is 1.